The molecule has 0 radical (unpaired) electrons. The van der Waals surface area contributed by atoms with Crippen LogP contribution >= 0.6 is 0 Å². The fraction of sp³-hybridized carbons (Fsp3) is 0.857. The van der Waals surface area contributed by atoms with E-state index < -0.39 is 6.10 Å². The van der Waals surface area contributed by atoms with E-state index in [1.165, 1.54) is 7.11 Å². The summed E-state index contributed by atoms with van der Waals surface area (Å²) in [5.41, 5.74) is 0. The summed E-state index contributed by atoms with van der Waals surface area (Å²) in [6.07, 6.45) is -0.546. The number of carbonyl (C=O) groups excluding carboxylic acids is 1. The van der Waals surface area contributed by atoms with Gasteiger partial charge >= 0.3 is 0 Å². The summed E-state index contributed by atoms with van der Waals surface area (Å²) in [7, 11) is 3.18. The molecule has 0 fully saturated rings. The van der Waals surface area contributed by atoms with E-state index in [-0.39, 0.29) is 19.1 Å². The average Bonchev–Trinajstić information content (AvgIpc) is 2.02. The van der Waals surface area contributed by atoms with E-state index in [4.69, 9.17) is 5.11 Å². The smallest absolute Gasteiger partial charge is 0.246 e. The Labute approximate surface area is 72.1 Å². The van der Waals surface area contributed by atoms with E-state index in [2.05, 4.69) is 15.4 Å². The van der Waals surface area contributed by atoms with Crippen molar-refractivity contribution in [2.75, 3.05) is 33.9 Å². The highest BCUT2D eigenvalue weighted by atomic mass is 16.5. The highest BCUT2D eigenvalue weighted by Gasteiger charge is 2.04. The number of aliphatic hydroxyl groups is 1. The Balaban J connectivity index is 3.33. The molecule has 0 aromatic rings. The van der Waals surface area contributed by atoms with Gasteiger partial charge in [0, 0.05) is 20.2 Å². The number of methoxy groups -OCH3 is 1. The Kier molecular flexibility index (Phi) is 6.64. The van der Waals surface area contributed by atoms with Crippen LogP contribution in [0.3, 0.4) is 0 Å². The molecule has 0 saturated carbocycles. The number of nitrogens with one attached hydrogen (secondary N) is 2. The molecule has 1 amide bonds. The lowest BCUT2D eigenvalue weighted by atomic mass is 10.3. The molecule has 0 aromatic carbocycles. The fourth-order valence-corrected chi connectivity index (χ4v) is 0.722. The van der Waals surface area contributed by atoms with Gasteiger partial charge in [-0.15, -0.1) is 0 Å². The third-order valence-electron chi connectivity index (χ3n) is 1.25. The largest absolute Gasteiger partial charge is 0.390 e. The summed E-state index contributed by atoms with van der Waals surface area (Å²) in [4.78, 5) is 10.8. The SMILES string of the molecule is CNC[C@H](O)CNC(=O)COC. The monoisotopic (exact) mass is 176 g/mol. The molecule has 0 unspecified atom stereocenters. The number of likely N-dealkylation sites (N-methyl/N-ethyl adjacent to an activating group) is 1. The molecule has 1 atom stereocenters. The zero-order chi connectivity index (χ0) is 9.40. The first-order valence-corrected chi connectivity index (χ1v) is 3.79. The van der Waals surface area contributed by atoms with Crippen molar-refractivity contribution in [2.24, 2.45) is 0 Å². The highest BCUT2D eigenvalue weighted by Crippen LogP contribution is 1.77. The molecule has 5 nitrogen and oxygen atoms in total. The molecule has 72 valence electrons. The first-order valence-electron chi connectivity index (χ1n) is 3.79. The molecule has 0 aliphatic carbocycles. The number of aliphatic hydroxyl groups excluding tert-OH is 1. The molecular weight excluding hydrogens is 160 g/mol. The quantitative estimate of drug-likeness (QED) is 0.452. The molecule has 0 aliphatic rings. The fourth-order valence-electron chi connectivity index (χ4n) is 0.722. The van der Waals surface area contributed by atoms with E-state index in [0.29, 0.717) is 6.54 Å². The molecule has 0 bridgehead atoms. The van der Waals surface area contributed by atoms with Crippen LogP contribution < -0.4 is 10.6 Å². The van der Waals surface area contributed by atoms with Gasteiger partial charge in [-0.1, -0.05) is 0 Å². The molecular formula is C7H16N2O3. The second kappa shape index (κ2) is 7.02. The van der Waals surface area contributed by atoms with Crippen LogP contribution in [0.4, 0.5) is 0 Å². The van der Waals surface area contributed by atoms with Gasteiger partial charge in [-0.05, 0) is 7.05 Å². The molecule has 5 heteroatoms. The second-order valence-electron chi connectivity index (χ2n) is 2.45. The Morgan fingerprint density at radius 3 is 2.75 bits per heavy atom. The minimum absolute atomic E-state index is 0.0340. The third-order valence-corrected chi connectivity index (χ3v) is 1.25. The number of hydrogen-bond donors (Lipinski definition) is 3. The number of amides is 1. The van der Waals surface area contributed by atoms with Gasteiger partial charge in [0.05, 0.1) is 6.10 Å². The van der Waals surface area contributed by atoms with Crippen LogP contribution in [0, 0.1) is 0 Å². The molecule has 0 rings (SSSR count). The van der Waals surface area contributed by atoms with Crippen LogP contribution in [0.1, 0.15) is 0 Å². The summed E-state index contributed by atoms with van der Waals surface area (Å²) in [6, 6.07) is 0. The summed E-state index contributed by atoms with van der Waals surface area (Å²) < 4.78 is 4.59. The van der Waals surface area contributed by atoms with Crippen molar-refractivity contribution in [1.29, 1.82) is 0 Å². The van der Waals surface area contributed by atoms with Gasteiger partial charge in [-0.2, -0.15) is 0 Å². The molecule has 3 N–H and O–H groups in total. The van der Waals surface area contributed by atoms with E-state index in [9.17, 15) is 4.79 Å². The van der Waals surface area contributed by atoms with Crippen LogP contribution in [0.5, 0.6) is 0 Å². The Bertz CT molecular complexity index is 130. The third kappa shape index (κ3) is 6.09. The maximum absolute atomic E-state index is 10.8. The van der Waals surface area contributed by atoms with Crippen LogP contribution in [-0.2, 0) is 9.53 Å². The number of ether oxygens (including phenoxy) is 1. The van der Waals surface area contributed by atoms with Crippen molar-refractivity contribution in [2.45, 2.75) is 6.10 Å². The predicted octanol–water partition coefficient (Wildman–Crippen LogP) is -1.67. The summed E-state index contributed by atoms with van der Waals surface area (Å²) in [6.45, 7) is 0.753. The Hall–Kier alpha value is -0.650. The highest BCUT2D eigenvalue weighted by molar-refractivity contribution is 5.77. The van der Waals surface area contributed by atoms with Crippen molar-refractivity contribution in [3.63, 3.8) is 0 Å². The lowest BCUT2D eigenvalue weighted by Crippen LogP contribution is -2.38. The molecule has 0 aliphatic heterocycles. The van der Waals surface area contributed by atoms with Crippen molar-refractivity contribution < 1.29 is 14.6 Å². The van der Waals surface area contributed by atoms with Gasteiger partial charge in [-0.3, -0.25) is 4.79 Å². The van der Waals surface area contributed by atoms with Gasteiger partial charge in [0.25, 0.3) is 0 Å². The van der Waals surface area contributed by atoms with Gasteiger partial charge in [0.15, 0.2) is 0 Å². The maximum atomic E-state index is 10.8. The van der Waals surface area contributed by atoms with E-state index >= 15 is 0 Å². The molecule has 0 saturated heterocycles. The first kappa shape index (κ1) is 11.4. The predicted molar refractivity (Wildman–Crippen MR) is 44.8 cm³/mol. The van der Waals surface area contributed by atoms with Crippen molar-refractivity contribution >= 4 is 5.91 Å². The lowest BCUT2D eigenvalue weighted by Gasteiger charge is -2.10. The average molecular weight is 176 g/mol. The Morgan fingerprint density at radius 1 is 1.58 bits per heavy atom. The zero-order valence-electron chi connectivity index (χ0n) is 7.46. The zero-order valence-corrected chi connectivity index (χ0v) is 7.46. The molecule has 0 aromatic heterocycles. The van der Waals surface area contributed by atoms with Crippen LogP contribution in [0.15, 0.2) is 0 Å². The summed E-state index contributed by atoms with van der Waals surface area (Å²) in [5.74, 6) is -0.215. The van der Waals surface area contributed by atoms with Crippen molar-refractivity contribution in [1.82, 2.24) is 10.6 Å². The van der Waals surface area contributed by atoms with Gasteiger partial charge in [0.1, 0.15) is 6.61 Å². The standard InChI is InChI=1S/C7H16N2O3/c1-8-3-6(10)4-9-7(11)5-12-2/h6,8,10H,3-5H2,1-2H3,(H,9,11)/t6-/m0/s1. The van der Waals surface area contributed by atoms with E-state index in [1.807, 2.05) is 0 Å². The number of hydrogen-bond acceptors (Lipinski definition) is 4. The van der Waals surface area contributed by atoms with Crippen LogP contribution in [-0.4, -0.2) is 51.0 Å². The van der Waals surface area contributed by atoms with Gasteiger partial charge in [0.2, 0.25) is 5.91 Å². The van der Waals surface area contributed by atoms with Gasteiger partial charge < -0.3 is 20.5 Å². The second-order valence-corrected chi connectivity index (χ2v) is 2.45. The minimum atomic E-state index is -0.546. The van der Waals surface area contributed by atoms with Crippen molar-refractivity contribution in [3.05, 3.63) is 0 Å². The Morgan fingerprint density at radius 2 is 2.25 bits per heavy atom. The van der Waals surface area contributed by atoms with E-state index in [1.54, 1.807) is 7.05 Å². The van der Waals surface area contributed by atoms with Crippen LogP contribution in [0.2, 0.25) is 0 Å². The minimum Gasteiger partial charge on any atom is -0.390 e. The topological polar surface area (TPSA) is 70.6 Å². The number of carbonyl (C=O) groups is 1. The maximum Gasteiger partial charge on any atom is 0.246 e. The molecule has 12 heavy (non-hydrogen) atoms. The molecule has 0 spiro atoms. The van der Waals surface area contributed by atoms with Crippen LogP contribution in [0.25, 0.3) is 0 Å². The summed E-state index contributed by atoms with van der Waals surface area (Å²) >= 11 is 0. The van der Waals surface area contributed by atoms with E-state index in [0.717, 1.165) is 0 Å². The number of rotatable bonds is 6. The molecule has 0 heterocycles. The normalized spacial score (nSPS) is 12.6. The van der Waals surface area contributed by atoms with Crippen molar-refractivity contribution in [3.8, 4) is 0 Å². The lowest BCUT2D eigenvalue weighted by molar-refractivity contribution is -0.125. The van der Waals surface area contributed by atoms with Gasteiger partial charge in [-0.25, -0.2) is 0 Å². The first-order chi connectivity index (χ1) is 5.70. The summed E-state index contributed by atoms with van der Waals surface area (Å²) in [5, 5.41) is 14.5.